The van der Waals surface area contributed by atoms with Crippen molar-refractivity contribution in [1.29, 1.82) is 0 Å². The number of nitrogens with one attached hydrogen (secondary N) is 1. The number of phenols is 1. The van der Waals surface area contributed by atoms with Crippen molar-refractivity contribution in [3.63, 3.8) is 0 Å². The third-order valence-corrected chi connectivity index (χ3v) is 3.52. The molecule has 0 saturated carbocycles. The second kappa shape index (κ2) is 3.87. The molecule has 0 spiro atoms. The Bertz CT molecular complexity index is 671. The SMILES string of the molecule is NCc1csc(-c2cc3ccc(O)cc3[nH]2)n1. The van der Waals surface area contributed by atoms with Gasteiger partial charge >= 0.3 is 0 Å². The fourth-order valence-corrected chi connectivity index (χ4v) is 2.56. The van der Waals surface area contributed by atoms with Gasteiger partial charge in [-0.2, -0.15) is 0 Å². The molecule has 0 radical (unpaired) electrons. The number of aromatic hydroxyl groups is 1. The topological polar surface area (TPSA) is 74.9 Å². The van der Waals surface area contributed by atoms with Gasteiger partial charge in [-0.15, -0.1) is 11.3 Å². The molecular weight excluding hydrogens is 234 g/mol. The van der Waals surface area contributed by atoms with Gasteiger partial charge in [-0.05, 0) is 18.2 Å². The van der Waals surface area contributed by atoms with Crippen LogP contribution in [0.25, 0.3) is 21.6 Å². The smallest absolute Gasteiger partial charge is 0.140 e. The fourth-order valence-electron chi connectivity index (χ4n) is 1.75. The maximum atomic E-state index is 9.40. The van der Waals surface area contributed by atoms with Crippen molar-refractivity contribution in [2.24, 2.45) is 5.73 Å². The molecule has 0 amide bonds. The second-order valence-electron chi connectivity index (χ2n) is 3.80. The average Bonchev–Trinajstić information content (AvgIpc) is 2.93. The highest BCUT2D eigenvalue weighted by molar-refractivity contribution is 7.13. The molecule has 0 unspecified atom stereocenters. The summed E-state index contributed by atoms with van der Waals surface area (Å²) in [6, 6.07) is 7.28. The number of benzene rings is 1. The van der Waals surface area contributed by atoms with Crippen molar-refractivity contribution in [2.45, 2.75) is 6.54 Å². The number of hydrogen-bond donors (Lipinski definition) is 3. The van der Waals surface area contributed by atoms with Crippen molar-refractivity contribution in [3.8, 4) is 16.5 Å². The van der Waals surface area contributed by atoms with Gasteiger partial charge < -0.3 is 15.8 Å². The van der Waals surface area contributed by atoms with Crippen LogP contribution in [0.5, 0.6) is 5.75 Å². The summed E-state index contributed by atoms with van der Waals surface area (Å²) in [4.78, 5) is 7.65. The highest BCUT2D eigenvalue weighted by atomic mass is 32.1. The molecule has 0 bridgehead atoms. The maximum absolute atomic E-state index is 9.40. The Morgan fingerprint density at radius 3 is 3.00 bits per heavy atom. The van der Waals surface area contributed by atoms with Crippen LogP contribution in [0.1, 0.15) is 5.69 Å². The van der Waals surface area contributed by atoms with Crippen molar-refractivity contribution in [2.75, 3.05) is 0 Å². The van der Waals surface area contributed by atoms with Crippen LogP contribution in [-0.4, -0.2) is 15.1 Å². The molecule has 2 aromatic heterocycles. The molecule has 17 heavy (non-hydrogen) atoms. The zero-order valence-corrected chi connectivity index (χ0v) is 9.79. The van der Waals surface area contributed by atoms with E-state index in [0.717, 1.165) is 27.3 Å². The summed E-state index contributed by atoms with van der Waals surface area (Å²) < 4.78 is 0. The number of hydrogen-bond acceptors (Lipinski definition) is 4. The number of aromatic amines is 1. The maximum Gasteiger partial charge on any atom is 0.140 e. The van der Waals surface area contributed by atoms with Crippen LogP contribution in [0.3, 0.4) is 0 Å². The first-order valence-electron chi connectivity index (χ1n) is 5.23. The van der Waals surface area contributed by atoms with Crippen molar-refractivity contribution in [3.05, 3.63) is 35.3 Å². The first kappa shape index (κ1) is 10.3. The van der Waals surface area contributed by atoms with E-state index in [2.05, 4.69) is 9.97 Å². The standard InChI is InChI=1S/C12H11N3OS/c13-5-8-6-17-12(14-8)11-3-7-1-2-9(16)4-10(7)15-11/h1-4,6,15-16H,5,13H2. The lowest BCUT2D eigenvalue weighted by Gasteiger charge is -1.90. The lowest BCUT2D eigenvalue weighted by Crippen LogP contribution is -1.95. The molecule has 86 valence electrons. The molecule has 4 nitrogen and oxygen atoms in total. The average molecular weight is 245 g/mol. The van der Waals surface area contributed by atoms with Crippen LogP contribution >= 0.6 is 11.3 Å². The Kier molecular flexibility index (Phi) is 2.35. The van der Waals surface area contributed by atoms with E-state index < -0.39 is 0 Å². The number of nitrogens with two attached hydrogens (primary N) is 1. The Morgan fingerprint density at radius 2 is 2.24 bits per heavy atom. The van der Waals surface area contributed by atoms with Crippen LogP contribution in [0.4, 0.5) is 0 Å². The molecule has 0 aliphatic rings. The molecule has 0 aliphatic carbocycles. The molecule has 5 heteroatoms. The largest absolute Gasteiger partial charge is 0.508 e. The molecule has 3 rings (SSSR count). The van der Waals surface area contributed by atoms with Crippen LogP contribution < -0.4 is 5.73 Å². The van der Waals surface area contributed by atoms with Crippen molar-refractivity contribution < 1.29 is 5.11 Å². The highest BCUT2D eigenvalue weighted by Gasteiger charge is 2.07. The molecule has 4 N–H and O–H groups in total. The molecule has 0 saturated heterocycles. The van der Waals surface area contributed by atoms with Gasteiger partial charge in [-0.25, -0.2) is 4.98 Å². The van der Waals surface area contributed by atoms with Crippen molar-refractivity contribution >= 4 is 22.2 Å². The zero-order valence-electron chi connectivity index (χ0n) is 8.97. The van der Waals surface area contributed by atoms with E-state index in [1.165, 1.54) is 0 Å². The second-order valence-corrected chi connectivity index (χ2v) is 4.66. The zero-order chi connectivity index (χ0) is 11.8. The van der Waals surface area contributed by atoms with E-state index in [-0.39, 0.29) is 5.75 Å². The van der Waals surface area contributed by atoms with Gasteiger partial charge in [0, 0.05) is 28.9 Å². The third kappa shape index (κ3) is 1.79. The van der Waals surface area contributed by atoms with E-state index in [1.54, 1.807) is 23.5 Å². The van der Waals surface area contributed by atoms with Gasteiger partial charge in [0.1, 0.15) is 10.8 Å². The van der Waals surface area contributed by atoms with E-state index >= 15 is 0 Å². The number of phenolic OH excluding ortho intramolecular Hbond substituents is 1. The third-order valence-electron chi connectivity index (χ3n) is 2.60. The summed E-state index contributed by atoms with van der Waals surface area (Å²) in [5, 5.41) is 13.3. The van der Waals surface area contributed by atoms with Gasteiger partial charge in [0.25, 0.3) is 0 Å². The van der Waals surface area contributed by atoms with Crippen LogP contribution in [0.15, 0.2) is 29.6 Å². The number of nitrogens with zero attached hydrogens (tertiary/aromatic N) is 1. The summed E-state index contributed by atoms with van der Waals surface area (Å²) in [6.07, 6.45) is 0. The van der Waals surface area contributed by atoms with E-state index in [0.29, 0.717) is 6.54 Å². The highest BCUT2D eigenvalue weighted by Crippen LogP contribution is 2.28. The van der Waals surface area contributed by atoms with E-state index in [1.807, 2.05) is 17.5 Å². The molecule has 0 atom stereocenters. The Labute approximate surface area is 102 Å². The monoisotopic (exact) mass is 245 g/mol. The minimum Gasteiger partial charge on any atom is -0.508 e. The predicted molar refractivity (Wildman–Crippen MR) is 69.0 cm³/mol. The van der Waals surface area contributed by atoms with Crippen LogP contribution in [-0.2, 0) is 6.54 Å². The van der Waals surface area contributed by atoms with Crippen molar-refractivity contribution in [1.82, 2.24) is 9.97 Å². The molecular formula is C12H11N3OS. The Morgan fingerprint density at radius 1 is 1.35 bits per heavy atom. The van der Waals surface area contributed by atoms with Gasteiger partial charge in [0.05, 0.1) is 11.4 Å². The van der Waals surface area contributed by atoms with Gasteiger partial charge in [0.15, 0.2) is 0 Å². The van der Waals surface area contributed by atoms with E-state index in [9.17, 15) is 5.11 Å². The summed E-state index contributed by atoms with van der Waals surface area (Å²) in [5.41, 5.74) is 8.29. The summed E-state index contributed by atoms with van der Waals surface area (Å²) >= 11 is 1.56. The van der Waals surface area contributed by atoms with Gasteiger partial charge in [-0.1, -0.05) is 0 Å². The normalized spacial score (nSPS) is 11.1. The first-order chi connectivity index (χ1) is 8.26. The molecule has 3 aromatic rings. The van der Waals surface area contributed by atoms with Crippen LogP contribution in [0, 0.1) is 0 Å². The number of fused-ring (bicyclic) bond motifs is 1. The summed E-state index contributed by atoms with van der Waals surface area (Å²) in [6.45, 7) is 0.456. The number of aromatic nitrogens is 2. The predicted octanol–water partition coefficient (Wildman–Crippen LogP) is 2.46. The minimum absolute atomic E-state index is 0.257. The summed E-state index contributed by atoms with van der Waals surface area (Å²) in [7, 11) is 0. The fraction of sp³-hybridized carbons (Fsp3) is 0.0833. The minimum atomic E-state index is 0.257. The number of rotatable bonds is 2. The van der Waals surface area contributed by atoms with E-state index in [4.69, 9.17) is 5.73 Å². The lowest BCUT2D eigenvalue weighted by atomic mass is 10.2. The Hall–Kier alpha value is -1.85. The van der Waals surface area contributed by atoms with Gasteiger partial charge in [-0.3, -0.25) is 0 Å². The molecule has 0 aliphatic heterocycles. The molecule has 0 fully saturated rings. The summed E-state index contributed by atoms with van der Waals surface area (Å²) in [5.74, 6) is 0.257. The van der Waals surface area contributed by atoms with Gasteiger partial charge in [0.2, 0.25) is 0 Å². The Balaban J connectivity index is 2.11. The molecule has 2 heterocycles. The quantitative estimate of drug-likeness (QED) is 0.649. The number of thiazole rings is 1. The van der Waals surface area contributed by atoms with Crippen LogP contribution in [0.2, 0.25) is 0 Å². The lowest BCUT2D eigenvalue weighted by molar-refractivity contribution is 0.476. The molecule has 1 aromatic carbocycles. The number of H-pyrrole nitrogens is 1. The first-order valence-corrected chi connectivity index (χ1v) is 6.11.